The van der Waals surface area contributed by atoms with Gasteiger partial charge in [-0.25, -0.2) is 9.98 Å². The maximum absolute atomic E-state index is 5.32. The van der Waals surface area contributed by atoms with Gasteiger partial charge in [0.15, 0.2) is 5.84 Å². The standard InChI is InChI=1S/C52H44N4/c1-5-13-35(14-6-1)37-21-25-41(26-22-37)50-54-51(42-27-23-38(24-28-42)36-15-7-2-8-16-36)56-52(55-50)44-29-31-45-43(33-44)30-32-47-49(45)46(39-17-9-3-10-18-39)34-48(53-47)40-19-11-4-12-20-40/h1,3-7,9-32,43,46,48,52-53H,2,8,33-34H2,(H,54,55,56). The largest absolute Gasteiger partial charge is 0.378 e. The lowest BCUT2D eigenvalue weighted by molar-refractivity contribution is 0.472. The van der Waals surface area contributed by atoms with Crippen LogP contribution < -0.4 is 10.6 Å². The monoisotopic (exact) mass is 724 g/mol. The Hall–Kier alpha value is -6.52. The quantitative estimate of drug-likeness (QED) is 0.176. The lowest BCUT2D eigenvalue weighted by atomic mass is 9.69. The van der Waals surface area contributed by atoms with Gasteiger partial charge >= 0.3 is 0 Å². The Kier molecular flexibility index (Phi) is 9.08. The molecule has 2 aliphatic heterocycles. The molecule has 0 saturated carbocycles. The molecule has 272 valence electrons. The number of benzene rings is 5. The Balaban J connectivity index is 0.999. The van der Waals surface area contributed by atoms with Crippen LogP contribution >= 0.6 is 0 Å². The van der Waals surface area contributed by atoms with E-state index in [9.17, 15) is 0 Å². The Morgan fingerprint density at radius 2 is 1.23 bits per heavy atom. The van der Waals surface area contributed by atoms with Gasteiger partial charge in [0.25, 0.3) is 0 Å². The van der Waals surface area contributed by atoms with E-state index in [1.54, 1.807) is 0 Å². The Bertz CT molecular complexity index is 2500. The molecule has 0 spiro atoms. The molecule has 5 aromatic rings. The number of nitrogens with zero attached hydrogens (tertiary/aromatic N) is 2. The molecule has 2 N–H and O–H groups in total. The van der Waals surface area contributed by atoms with E-state index in [-0.39, 0.29) is 18.1 Å². The number of amidine groups is 2. The van der Waals surface area contributed by atoms with Crippen molar-refractivity contribution in [3.05, 3.63) is 232 Å². The number of rotatable bonds is 7. The lowest BCUT2D eigenvalue weighted by Crippen LogP contribution is -2.41. The van der Waals surface area contributed by atoms with Gasteiger partial charge in [0.05, 0.1) is 6.04 Å². The summed E-state index contributed by atoms with van der Waals surface area (Å²) in [5, 5.41) is 7.71. The number of allylic oxidation sites excluding steroid dienone is 10. The molecule has 4 atom stereocenters. The van der Waals surface area contributed by atoms with Crippen molar-refractivity contribution in [1.82, 2.24) is 10.6 Å². The summed E-state index contributed by atoms with van der Waals surface area (Å²) in [5.41, 5.74) is 15.0. The van der Waals surface area contributed by atoms with E-state index in [1.807, 2.05) is 0 Å². The van der Waals surface area contributed by atoms with Gasteiger partial charge in [0.1, 0.15) is 12.0 Å². The van der Waals surface area contributed by atoms with Crippen LogP contribution in [0.4, 0.5) is 0 Å². The third kappa shape index (κ3) is 6.73. The third-order valence-electron chi connectivity index (χ3n) is 11.8. The molecule has 0 bridgehead atoms. The van der Waals surface area contributed by atoms with Crippen LogP contribution in [-0.2, 0) is 0 Å². The van der Waals surface area contributed by atoms with E-state index >= 15 is 0 Å². The van der Waals surface area contributed by atoms with Gasteiger partial charge in [0, 0.05) is 28.7 Å². The van der Waals surface area contributed by atoms with Gasteiger partial charge in [0.2, 0.25) is 0 Å². The Morgan fingerprint density at radius 1 is 0.571 bits per heavy atom. The predicted molar refractivity (Wildman–Crippen MR) is 231 cm³/mol. The van der Waals surface area contributed by atoms with E-state index in [0.29, 0.717) is 5.92 Å². The fraction of sp³-hybridized carbons (Fsp3) is 0.154. The zero-order valence-corrected chi connectivity index (χ0v) is 31.4. The highest BCUT2D eigenvalue weighted by molar-refractivity contribution is 6.13. The smallest absolute Gasteiger partial charge is 0.159 e. The molecule has 56 heavy (non-hydrogen) atoms. The summed E-state index contributed by atoms with van der Waals surface area (Å²) in [7, 11) is 0. The lowest BCUT2D eigenvalue weighted by Gasteiger charge is -2.41. The summed E-state index contributed by atoms with van der Waals surface area (Å²) in [6.45, 7) is 0. The molecule has 3 aliphatic carbocycles. The molecule has 2 heterocycles. The zero-order chi connectivity index (χ0) is 37.3. The molecule has 4 heteroatoms. The van der Waals surface area contributed by atoms with E-state index in [2.05, 4.69) is 193 Å². The minimum atomic E-state index is -0.242. The van der Waals surface area contributed by atoms with Crippen molar-refractivity contribution in [2.24, 2.45) is 15.9 Å². The van der Waals surface area contributed by atoms with Gasteiger partial charge < -0.3 is 10.6 Å². The second-order valence-electron chi connectivity index (χ2n) is 15.3. The van der Waals surface area contributed by atoms with Gasteiger partial charge in [-0.3, -0.25) is 0 Å². The van der Waals surface area contributed by atoms with Crippen LogP contribution in [0.3, 0.4) is 0 Å². The van der Waals surface area contributed by atoms with Crippen LogP contribution in [0.25, 0.3) is 16.7 Å². The molecular weight excluding hydrogens is 681 g/mol. The van der Waals surface area contributed by atoms with Crippen LogP contribution in [0.15, 0.2) is 214 Å². The van der Waals surface area contributed by atoms with Crippen molar-refractivity contribution in [2.75, 3.05) is 0 Å². The SMILES string of the molecule is C1=CC(c2ccc(C3=NC(c4ccc(-c5ccccc5)cc4)=NC(C4=CC=C5C6=C(C=CC5C4)NC(c4ccccc4)CC6c4ccccc4)N3)cc2)=CCC1. The summed E-state index contributed by atoms with van der Waals surface area (Å²) in [6, 6.07) is 50.2. The van der Waals surface area contributed by atoms with E-state index in [0.717, 1.165) is 48.5 Å². The average molecular weight is 725 g/mol. The predicted octanol–water partition coefficient (Wildman–Crippen LogP) is 11.4. The van der Waals surface area contributed by atoms with E-state index in [1.165, 1.54) is 55.8 Å². The molecule has 10 rings (SSSR count). The minimum Gasteiger partial charge on any atom is -0.378 e. The van der Waals surface area contributed by atoms with Gasteiger partial charge in [-0.05, 0) is 81.9 Å². The van der Waals surface area contributed by atoms with Crippen LogP contribution in [0.5, 0.6) is 0 Å². The average Bonchev–Trinajstić information content (AvgIpc) is 3.29. The van der Waals surface area contributed by atoms with Crippen LogP contribution in [-0.4, -0.2) is 17.8 Å². The van der Waals surface area contributed by atoms with Gasteiger partial charge in [-0.2, -0.15) is 0 Å². The molecule has 0 fully saturated rings. The maximum atomic E-state index is 5.32. The summed E-state index contributed by atoms with van der Waals surface area (Å²) >= 11 is 0. The summed E-state index contributed by atoms with van der Waals surface area (Å²) in [5.74, 6) is 2.15. The molecule has 0 saturated heterocycles. The van der Waals surface area contributed by atoms with Crippen LogP contribution in [0.1, 0.15) is 65.5 Å². The van der Waals surface area contributed by atoms with Crippen LogP contribution in [0.2, 0.25) is 0 Å². The minimum absolute atomic E-state index is 0.242. The second kappa shape index (κ2) is 15.0. The normalized spacial score (nSPS) is 22.6. The van der Waals surface area contributed by atoms with E-state index in [4.69, 9.17) is 9.98 Å². The number of fused-ring (bicyclic) bond motifs is 2. The highest BCUT2D eigenvalue weighted by Crippen LogP contribution is 2.49. The van der Waals surface area contributed by atoms with Crippen molar-refractivity contribution >= 4 is 17.2 Å². The summed E-state index contributed by atoms with van der Waals surface area (Å²) in [6.07, 6.45) is 20.1. The fourth-order valence-electron chi connectivity index (χ4n) is 8.89. The molecular formula is C52H44N4. The van der Waals surface area contributed by atoms with Crippen molar-refractivity contribution in [1.29, 1.82) is 0 Å². The highest BCUT2D eigenvalue weighted by Gasteiger charge is 2.37. The van der Waals surface area contributed by atoms with E-state index < -0.39 is 0 Å². The van der Waals surface area contributed by atoms with Gasteiger partial charge in [-0.15, -0.1) is 0 Å². The maximum Gasteiger partial charge on any atom is 0.159 e. The van der Waals surface area contributed by atoms with Crippen LogP contribution in [0, 0.1) is 5.92 Å². The van der Waals surface area contributed by atoms with Crippen molar-refractivity contribution in [2.45, 2.75) is 43.8 Å². The van der Waals surface area contributed by atoms with Crippen molar-refractivity contribution < 1.29 is 0 Å². The Morgan fingerprint density at radius 3 is 1.96 bits per heavy atom. The fourth-order valence-corrected chi connectivity index (χ4v) is 8.89. The highest BCUT2D eigenvalue weighted by atomic mass is 15.2. The molecule has 0 aromatic heterocycles. The number of hydrogen-bond acceptors (Lipinski definition) is 4. The summed E-state index contributed by atoms with van der Waals surface area (Å²) in [4.78, 5) is 10.5. The first kappa shape index (κ1) is 34.0. The second-order valence-corrected chi connectivity index (χ2v) is 15.3. The zero-order valence-electron chi connectivity index (χ0n) is 31.4. The molecule has 0 radical (unpaired) electrons. The van der Waals surface area contributed by atoms with Gasteiger partial charge in [-0.1, -0.05) is 176 Å². The third-order valence-corrected chi connectivity index (χ3v) is 11.8. The molecule has 5 aromatic carbocycles. The molecule has 5 aliphatic rings. The molecule has 4 nitrogen and oxygen atoms in total. The molecule has 0 amide bonds. The topological polar surface area (TPSA) is 48.8 Å². The number of aliphatic imine (C=N–C) groups is 2. The molecule has 4 unspecified atom stereocenters. The van der Waals surface area contributed by atoms with Crippen molar-refractivity contribution in [3.8, 4) is 11.1 Å². The summed E-state index contributed by atoms with van der Waals surface area (Å²) < 4.78 is 0. The first-order chi connectivity index (χ1) is 27.7. The number of hydrogen-bond donors (Lipinski definition) is 2. The first-order valence-corrected chi connectivity index (χ1v) is 20.0. The first-order valence-electron chi connectivity index (χ1n) is 20.0. The van der Waals surface area contributed by atoms with Crippen molar-refractivity contribution in [3.63, 3.8) is 0 Å². The Labute approximate surface area is 329 Å². The number of nitrogens with one attached hydrogen (secondary N) is 2.